The second-order valence-electron chi connectivity index (χ2n) is 6.50. The van der Waals surface area contributed by atoms with Crippen LogP contribution in [-0.4, -0.2) is 35.0 Å². The fourth-order valence-corrected chi connectivity index (χ4v) is 2.85. The highest BCUT2D eigenvalue weighted by atomic mass is 19.4. The molecular formula is C20H15F5N2O4. The lowest BCUT2D eigenvalue weighted by atomic mass is 10.1. The summed E-state index contributed by atoms with van der Waals surface area (Å²) in [5, 5.41) is 11.6. The fourth-order valence-electron chi connectivity index (χ4n) is 2.85. The van der Waals surface area contributed by atoms with Gasteiger partial charge in [-0.1, -0.05) is 6.07 Å². The number of imide groups is 1. The molecule has 0 aromatic heterocycles. The Bertz CT molecular complexity index is 1060. The van der Waals surface area contributed by atoms with Crippen LogP contribution in [0.3, 0.4) is 0 Å². The Morgan fingerprint density at radius 2 is 1.77 bits per heavy atom. The lowest BCUT2D eigenvalue weighted by Crippen LogP contribution is -2.34. The fraction of sp³-hybridized carbons (Fsp3) is 0.200. The Balaban J connectivity index is 1.87. The van der Waals surface area contributed by atoms with Gasteiger partial charge in [-0.15, -0.1) is 0 Å². The van der Waals surface area contributed by atoms with Crippen LogP contribution in [0, 0.1) is 18.6 Å². The number of rotatable bonds is 6. The van der Waals surface area contributed by atoms with Crippen LogP contribution in [0.4, 0.5) is 27.6 Å². The van der Waals surface area contributed by atoms with Crippen molar-refractivity contribution < 1.29 is 41.4 Å². The molecular weight excluding hydrogens is 427 g/mol. The normalized spacial score (nSPS) is 14.2. The second-order valence-corrected chi connectivity index (χ2v) is 6.50. The quantitative estimate of drug-likeness (QED) is 0.527. The number of halogens is 5. The molecule has 164 valence electrons. The topological polar surface area (TPSA) is 78.9 Å². The summed E-state index contributed by atoms with van der Waals surface area (Å²) in [5.41, 5.74) is -1.07. The summed E-state index contributed by atoms with van der Waals surface area (Å²) in [6, 6.07) is 4.48. The highest BCUT2D eigenvalue weighted by molar-refractivity contribution is 6.17. The molecule has 0 fully saturated rings. The zero-order valence-corrected chi connectivity index (χ0v) is 15.9. The maximum atomic E-state index is 14.1. The van der Waals surface area contributed by atoms with E-state index in [1.54, 1.807) is 0 Å². The van der Waals surface area contributed by atoms with Crippen LogP contribution in [0.2, 0.25) is 0 Å². The number of aliphatic hydroxyl groups is 1. The number of nitrogens with zero attached hydrogens (tertiary/aromatic N) is 1. The molecule has 6 nitrogen and oxygen atoms in total. The van der Waals surface area contributed by atoms with E-state index in [0.717, 1.165) is 11.0 Å². The number of carbonyl (C=O) groups is 2. The van der Waals surface area contributed by atoms with Crippen LogP contribution in [0.1, 0.15) is 11.1 Å². The third kappa shape index (κ3) is 4.50. The Morgan fingerprint density at radius 3 is 2.35 bits per heavy atom. The molecule has 1 aliphatic heterocycles. The average molecular weight is 442 g/mol. The summed E-state index contributed by atoms with van der Waals surface area (Å²) < 4.78 is 71.5. The molecule has 0 saturated heterocycles. The van der Waals surface area contributed by atoms with Gasteiger partial charge in [0.2, 0.25) is 0 Å². The standard InChI is InChI=1S/C20H15F5N2O4/c1-10-14(26-15-9-17(29)27(5-6-28)19(15)30)3-2-4-16(10)31-18-12(21)7-11(8-13(18)22)20(23,24)25/h2-4,7-9,26,28H,5-6H2,1H3. The SMILES string of the molecule is Cc1c(NC2=CC(=O)N(CCO)C2=O)cccc1Oc1c(F)cc(C(F)(F)F)cc1F. The number of β-amino-alcohol motifs (C(OH)–C–C–N with tert-alkyl or cyclic N) is 1. The molecule has 0 radical (unpaired) electrons. The minimum Gasteiger partial charge on any atom is -0.451 e. The monoisotopic (exact) mass is 442 g/mol. The molecule has 2 N–H and O–H groups in total. The minimum atomic E-state index is -4.93. The third-order valence-electron chi connectivity index (χ3n) is 4.42. The number of hydrogen-bond acceptors (Lipinski definition) is 5. The Morgan fingerprint density at radius 1 is 1.13 bits per heavy atom. The second kappa shape index (κ2) is 8.34. The predicted octanol–water partition coefficient (Wildman–Crippen LogP) is 3.74. The molecule has 3 rings (SSSR count). The summed E-state index contributed by atoms with van der Waals surface area (Å²) in [6.45, 7) is 0.879. The lowest BCUT2D eigenvalue weighted by Gasteiger charge is -2.17. The van der Waals surface area contributed by atoms with Crippen molar-refractivity contribution in [3.63, 3.8) is 0 Å². The van der Waals surface area contributed by atoms with Crippen molar-refractivity contribution in [2.75, 3.05) is 18.5 Å². The molecule has 11 heteroatoms. The number of alkyl halides is 3. The Hall–Kier alpha value is -3.47. The van der Waals surface area contributed by atoms with Crippen molar-refractivity contribution in [1.29, 1.82) is 0 Å². The molecule has 2 aromatic carbocycles. The van der Waals surface area contributed by atoms with E-state index in [2.05, 4.69) is 5.32 Å². The smallest absolute Gasteiger partial charge is 0.416 e. The summed E-state index contributed by atoms with van der Waals surface area (Å²) in [4.78, 5) is 24.9. The first kappa shape index (κ1) is 22.2. The molecule has 2 aromatic rings. The van der Waals surface area contributed by atoms with Crippen molar-refractivity contribution in [2.24, 2.45) is 0 Å². The van der Waals surface area contributed by atoms with E-state index in [-0.39, 0.29) is 41.4 Å². The average Bonchev–Trinajstić information content (AvgIpc) is 2.94. The first-order valence-corrected chi connectivity index (χ1v) is 8.82. The number of anilines is 1. The highest BCUT2D eigenvalue weighted by Gasteiger charge is 2.33. The number of amides is 2. The van der Waals surface area contributed by atoms with E-state index < -0.39 is 47.5 Å². The van der Waals surface area contributed by atoms with Crippen molar-refractivity contribution >= 4 is 17.5 Å². The number of carbonyl (C=O) groups excluding carboxylic acids is 2. The highest BCUT2D eigenvalue weighted by Crippen LogP contribution is 2.37. The van der Waals surface area contributed by atoms with Gasteiger partial charge >= 0.3 is 6.18 Å². The number of nitrogens with one attached hydrogen (secondary N) is 1. The summed E-state index contributed by atoms with van der Waals surface area (Å²) in [7, 11) is 0. The van der Waals surface area contributed by atoms with Crippen molar-refractivity contribution in [1.82, 2.24) is 4.90 Å². The summed E-state index contributed by atoms with van der Waals surface area (Å²) >= 11 is 0. The predicted molar refractivity (Wildman–Crippen MR) is 98.1 cm³/mol. The molecule has 0 spiro atoms. The number of aliphatic hydroxyl groups excluding tert-OH is 1. The zero-order valence-electron chi connectivity index (χ0n) is 15.9. The molecule has 0 saturated carbocycles. The molecule has 1 heterocycles. The van der Waals surface area contributed by atoms with Gasteiger partial charge in [-0.25, -0.2) is 8.78 Å². The van der Waals surface area contributed by atoms with Crippen LogP contribution in [0.5, 0.6) is 11.5 Å². The van der Waals surface area contributed by atoms with E-state index in [4.69, 9.17) is 9.84 Å². The van der Waals surface area contributed by atoms with Gasteiger partial charge in [-0.05, 0) is 31.2 Å². The van der Waals surface area contributed by atoms with Crippen molar-refractivity contribution in [3.05, 3.63) is 64.9 Å². The number of hydrogen-bond donors (Lipinski definition) is 2. The molecule has 0 atom stereocenters. The largest absolute Gasteiger partial charge is 0.451 e. The lowest BCUT2D eigenvalue weighted by molar-refractivity contribution is -0.138. The molecule has 0 bridgehead atoms. The van der Waals surface area contributed by atoms with Crippen LogP contribution in [0.25, 0.3) is 0 Å². The van der Waals surface area contributed by atoms with E-state index in [0.29, 0.717) is 0 Å². The maximum absolute atomic E-state index is 14.1. The summed E-state index contributed by atoms with van der Waals surface area (Å²) in [6.07, 6.45) is -3.90. The van der Waals surface area contributed by atoms with E-state index in [1.807, 2.05) is 0 Å². The number of ether oxygens (including phenoxy) is 1. The first-order chi connectivity index (χ1) is 14.5. The van der Waals surface area contributed by atoms with Gasteiger partial charge in [0.15, 0.2) is 17.4 Å². The van der Waals surface area contributed by atoms with E-state index >= 15 is 0 Å². The third-order valence-corrected chi connectivity index (χ3v) is 4.42. The van der Waals surface area contributed by atoms with Gasteiger partial charge < -0.3 is 15.2 Å². The van der Waals surface area contributed by atoms with Crippen LogP contribution in [-0.2, 0) is 15.8 Å². The maximum Gasteiger partial charge on any atom is 0.416 e. The van der Waals surface area contributed by atoms with Gasteiger partial charge in [0, 0.05) is 17.3 Å². The van der Waals surface area contributed by atoms with Crippen LogP contribution >= 0.6 is 0 Å². The van der Waals surface area contributed by atoms with Gasteiger partial charge in [0.1, 0.15) is 11.4 Å². The van der Waals surface area contributed by atoms with Crippen LogP contribution < -0.4 is 10.1 Å². The first-order valence-electron chi connectivity index (χ1n) is 8.82. The molecule has 2 amide bonds. The van der Waals surface area contributed by atoms with Crippen molar-refractivity contribution in [3.8, 4) is 11.5 Å². The zero-order chi connectivity index (χ0) is 22.9. The molecule has 31 heavy (non-hydrogen) atoms. The Labute approximate surface area is 172 Å². The molecule has 0 aliphatic carbocycles. The van der Waals surface area contributed by atoms with Gasteiger partial charge in [-0.3, -0.25) is 14.5 Å². The van der Waals surface area contributed by atoms with Crippen LogP contribution in [0.15, 0.2) is 42.1 Å². The summed E-state index contributed by atoms with van der Waals surface area (Å²) in [5.74, 6) is -5.49. The minimum absolute atomic E-state index is 0.0906. The van der Waals surface area contributed by atoms with Gasteiger partial charge in [-0.2, -0.15) is 13.2 Å². The van der Waals surface area contributed by atoms with Crippen molar-refractivity contribution in [2.45, 2.75) is 13.1 Å². The van der Waals surface area contributed by atoms with E-state index in [9.17, 15) is 31.5 Å². The number of benzene rings is 2. The van der Waals surface area contributed by atoms with Gasteiger partial charge in [0.05, 0.1) is 18.7 Å². The van der Waals surface area contributed by atoms with E-state index in [1.165, 1.54) is 25.1 Å². The Kier molecular flexibility index (Phi) is 5.98. The molecule has 1 aliphatic rings. The van der Waals surface area contributed by atoms with Gasteiger partial charge in [0.25, 0.3) is 11.8 Å². The molecule has 0 unspecified atom stereocenters.